The molecule has 4 heteroatoms. The topological polar surface area (TPSA) is 29.1 Å². The van der Waals surface area contributed by atoms with Crippen molar-refractivity contribution in [2.45, 2.75) is 20.3 Å². The van der Waals surface area contributed by atoms with E-state index in [1.807, 2.05) is 26.0 Å². The number of benzene rings is 1. The maximum atomic E-state index is 11.9. The number of hydrogen-bond donors (Lipinski definition) is 1. The molecule has 1 N–H and O–H groups in total. The Hall–Kier alpha value is -1.06. The van der Waals surface area contributed by atoms with Crippen LogP contribution in [0.25, 0.3) is 10.1 Å². The van der Waals surface area contributed by atoms with Gasteiger partial charge in [-0.1, -0.05) is 30.7 Å². The number of fused-ring (bicyclic) bond motifs is 1. The van der Waals surface area contributed by atoms with E-state index in [0.717, 1.165) is 16.5 Å². The molecule has 0 aliphatic rings. The third kappa shape index (κ3) is 2.45. The summed E-state index contributed by atoms with van der Waals surface area (Å²) >= 11 is 7.69. The number of halogens is 1. The zero-order chi connectivity index (χ0) is 12.4. The molecule has 0 radical (unpaired) electrons. The van der Waals surface area contributed by atoms with E-state index in [1.54, 1.807) is 0 Å². The van der Waals surface area contributed by atoms with Gasteiger partial charge in [0.25, 0.3) is 5.91 Å². The number of carbonyl (C=O) groups excluding carboxylic acids is 1. The van der Waals surface area contributed by atoms with Crippen molar-refractivity contribution in [2.75, 3.05) is 6.54 Å². The average Bonchev–Trinajstić information content (AvgIpc) is 2.63. The molecule has 1 heterocycles. The lowest BCUT2D eigenvalue weighted by molar-refractivity contribution is 0.0958. The summed E-state index contributed by atoms with van der Waals surface area (Å²) in [5, 5.41) is 4.38. The van der Waals surface area contributed by atoms with Crippen LogP contribution in [-0.2, 0) is 0 Å². The Morgan fingerprint density at radius 2 is 2.24 bits per heavy atom. The fourth-order valence-corrected chi connectivity index (χ4v) is 3.17. The van der Waals surface area contributed by atoms with Crippen LogP contribution >= 0.6 is 22.9 Å². The lowest BCUT2D eigenvalue weighted by atomic mass is 10.2. The van der Waals surface area contributed by atoms with Crippen molar-refractivity contribution in [3.63, 3.8) is 0 Å². The summed E-state index contributed by atoms with van der Waals surface area (Å²) in [6.07, 6.45) is 0.924. The largest absolute Gasteiger partial charge is 0.351 e. The van der Waals surface area contributed by atoms with E-state index in [9.17, 15) is 4.79 Å². The molecule has 0 bridgehead atoms. The molecule has 1 amide bonds. The number of thiophene rings is 1. The summed E-state index contributed by atoms with van der Waals surface area (Å²) in [5.41, 5.74) is 1.18. The molecule has 0 unspecified atom stereocenters. The molecule has 2 aromatic rings. The van der Waals surface area contributed by atoms with Crippen molar-refractivity contribution in [1.82, 2.24) is 5.32 Å². The summed E-state index contributed by atoms with van der Waals surface area (Å²) in [6.45, 7) is 4.74. The van der Waals surface area contributed by atoms with Gasteiger partial charge in [-0.2, -0.15) is 0 Å². The highest BCUT2D eigenvalue weighted by Crippen LogP contribution is 2.35. The normalized spacial score (nSPS) is 10.8. The number of rotatable bonds is 3. The second-order valence-electron chi connectivity index (χ2n) is 4.00. The van der Waals surface area contributed by atoms with E-state index in [4.69, 9.17) is 11.6 Å². The first-order chi connectivity index (χ1) is 8.13. The van der Waals surface area contributed by atoms with Gasteiger partial charge in [0.05, 0.1) is 5.02 Å². The van der Waals surface area contributed by atoms with Crippen LogP contribution in [0.4, 0.5) is 0 Å². The molecule has 2 rings (SSSR count). The fraction of sp³-hybridized carbons (Fsp3) is 0.308. The Balaban J connectivity index is 2.41. The lowest BCUT2D eigenvalue weighted by Gasteiger charge is -2.00. The van der Waals surface area contributed by atoms with E-state index in [-0.39, 0.29) is 5.91 Å². The number of amides is 1. The Morgan fingerprint density at radius 3 is 2.94 bits per heavy atom. The summed E-state index contributed by atoms with van der Waals surface area (Å²) in [6, 6.07) is 6.04. The van der Waals surface area contributed by atoms with Crippen LogP contribution < -0.4 is 5.32 Å². The zero-order valence-corrected chi connectivity index (χ0v) is 11.4. The first kappa shape index (κ1) is 12.4. The standard InChI is InChI=1S/C13H14ClNOS/c1-3-6-15-13(16)12-11(14)9-5-4-8(2)7-10(9)17-12/h4-5,7H,3,6H2,1-2H3,(H,15,16). The maximum absolute atomic E-state index is 11.9. The molecule has 0 fully saturated rings. The monoisotopic (exact) mass is 267 g/mol. The van der Waals surface area contributed by atoms with Crippen molar-refractivity contribution in [1.29, 1.82) is 0 Å². The Kier molecular flexibility index (Phi) is 3.69. The van der Waals surface area contributed by atoms with Gasteiger partial charge in [0.1, 0.15) is 4.88 Å². The first-order valence-corrected chi connectivity index (χ1v) is 6.79. The van der Waals surface area contributed by atoms with E-state index >= 15 is 0 Å². The molecule has 90 valence electrons. The second-order valence-corrected chi connectivity index (χ2v) is 5.43. The van der Waals surface area contributed by atoms with Crippen LogP contribution in [0.15, 0.2) is 18.2 Å². The minimum Gasteiger partial charge on any atom is -0.351 e. The molecule has 0 aliphatic heterocycles. The third-order valence-electron chi connectivity index (χ3n) is 2.53. The Labute approximate surface area is 110 Å². The number of carbonyl (C=O) groups is 1. The van der Waals surface area contributed by atoms with Crippen molar-refractivity contribution in [2.24, 2.45) is 0 Å². The summed E-state index contributed by atoms with van der Waals surface area (Å²) in [4.78, 5) is 12.5. The molecular weight excluding hydrogens is 254 g/mol. The Bertz CT molecular complexity index is 562. The lowest BCUT2D eigenvalue weighted by Crippen LogP contribution is -2.23. The molecule has 2 nitrogen and oxygen atoms in total. The van der Waals surface area contributed by atoms with E-state index in [1.165, 1.54) is 16.9 Å². The first-order valence-electron chi connectivity index (χ1n) is 5.60. The van der Waals surface area contributed by atoms with Crippen LogP contribution in [0.1, 0.15) is 28.6 Å². The zero-order valence-electron chi connectivity index (χ0n) is 9.84. The van der Waals surface area contributed by atoms with Gasteiger partial charge in [-0.3, -0.25) is 4.79 Å². The highest BCUT2D eigenvalue weighted by Gasteiger charge is 2.16. The highest BCUT2D eigenvalue weighted by atomic mass is 35.5. The molecule has 17 heavy (non-hydrogen) atoms. The molecule has 0 saturated carbocycles. The van der Waals surface area contributed by atoms with Gasteiger partial charge in [0.2, 0.25) is 0 Å². The highest BCUT2D eigenvalue weighted by molar-refractivity contribution is 7.21. The van der Waals surface area contributed by atoms with Crippen LogP contribution in [0.3, 0.4) is 0 Å². The quantitative estimate of drug-likeness (QED) is 0.895. The van der Waals surface area contributed by atoms with Gasteiger partial charge in [-0.25, -0.2) is 0 Å². The molecule has 0 spiro atoms. The SMILES string of the molecule is CCCNC(=O)c1sc2cc(C)ccc2c1Cl. The third-order valence-corrected chi connectivity index (χ3v) is 4.18. The van der Waals surface area contributed by atoms with E-state index < -0.39 is 0 Å². The molecular formula is C13H14ClNOS. The van der Waals surface area contributed by atoms with Crippen molar-refractivity contribution < 1.29 is 4.79 Å². The van der Waals surface area contributed by atoms with Gasteiger partial charge >= 0.3 is 0 Å². The molecule has 0 saturated heterocycles. The molecule has 0 aliphatic carbocycles. The smallest absolute Gasteiger partial charge is 0.262 e. The summed E-state index contributed by atoms with van der Waals surface area (Å²) in [5.74, 6) is -0.0734. The number of nitrogens with one attached hydrogen (secondary N) is 1. The minimum absolute atomic E-state index is 0.0734. The number of hydrogen-bond acceptors (Lipinski definition) is 2. The van der Waals surface area contributed by atoms with Gasteiger partial charge in [-0.15, -0.1) is 11.3 Å². The summed E-state index contributed by atoms with van der Waals surface area (Å²) in [7, 11) is 0. The Morgan fingerprint density at radius 1 is 1.47 bits per heavy atom. The van der Waals surface area contributed by atoms with Gasteiger partial charge in [0.15, 0.2) is 0 Å². The predicted molar refractivity (Wildman–Crippen MR) is 74.2 cm³/mol. The number of aryl methyl sites for hydroxylation is 1. The maximum Gasteiger partial charge on any atom is 0.262 e. The minimum atomic E-state index is -0.0734. The second kappa shape index (κ2) is 5.07. The molecule has 0 atom stereocenters. The van der Waals surface area contributed by atoms with Crippen LogP contribution in [-0.4, -0.2) is 12.5 Å². The van der Waals surface area contributed by atoms with Gasteiger partial charge in [0, 0.05) is 16.6 Å². The van der Waals surface area contributed by atoms with E-state index in [0.29, 0.717) is 16.4 Å². The van der Waals surface area contributed by atoms with Crippen molar-refractivity contribution in [3.05, 3.63) is 33.7 Å². The van der Waals surface area contributed by atoms with Crippen LogP contribution in [0.2, 0.25) is 5.02 Å². The molecule has 1 aromatic carbocycles. The average molecular weight is 268 g/mol. The fourth-order valence-electron chi connectivity index (χ4n) is 1.64. The van der Waals surface area contributed by atoms with Gasteiger partial charge in [-0.05, 0) is 25.0 Å². The van der Waals surface area contributed by atoms with E-state index in [2.05, 4.69) is 11.4 Å². The van der Waals surface area contributed by atoms with Crippen LogP contribution in [0.5, 0.6) is 0 Å². The summed E-state index contributed by atoms with van der Waals surface area (Å²) < 4.78 is 1.07. The predicted octanol–water partition coefficient (Wildman–Crippen LogP) is 4.00. The van der Waals surface area contributed by atoms with Crippen molar-refractivity contribution in [3.8, 4) is 0 Å². The van der Waals surface area contributed by atoms with Gasteiger partial charge < -0.3 is 5.32 Å². The van der Waals surface area contributed by atoms with Crippen LogP contribution in [0, 0.1) is 6.92 Å². The molecule has 1 aromatic heterocycles. The van der Waals surface area contributed by atoms with Crippen molar-refractivity contribution >= 4 is 38.9 Å².